The average Bonchev–Trinajstić information content (AvgIpc) is 2.77. The predicted molar refractivity (Wildman–Crippen MR) is 56.4 cm³/mol. The van der Waals surface area contributed by atoms with E-state index in [1.807, 2.05) is 0 Å². The first-order chi connectivity index (χ1) is 7.19. The van der Waals surface area contributed by atoms with Gasteiger partial charge < -0.3 is 4.74 Å². The number of carbonyl (C=O) groups excluding carboxylic acids is 2. The van der Waals surface area contributed by atoms with Crippen molar-refractivity contribution >= 4 is 23.1 Å². The lowest BCUT2D eigenvalue weighted by molar-refractivity contribution is -0.143. The molecule has 1 aromatic rings. The van der Waals surface area contributed by atoms with Crippen LogP contribution in [0.1, 0.15) is 16.1 Å². The molecule has 0 saturated heterocycles. The summed E-state index contributed by atoms with van der Waals surface area (Å²) in [6, 6.07) is 2.70. The number of thiophene rings is 1. The van der Waals surface area contributed by atoms with Gasteiger partial charge in [0.25, 0.3) is 0 Å². The van der Waals surface area contributed by atoms with Crippen molar-refractivity contribution in [2.45, 2.75) is 12.5 Å². The minimum Gasteiger partial charge on any atom is -0.468 e. The van der Waals surface area contributed by atoms with Crippen LogP contribution in [0, 0.1) is 0 Å². The zero-order valence-corrected chi connectivity index (χ0v) is 9.04. The molecule has 5 nitrogen and oxygen atoms in total. The second kappa shape index (κ2) is 5.59. The Morgan fingerprint density at radius 3 is 2.87 bits per heavy atom. The molecule has 1 aromatic heterocycles. The van der Waals surface area contributed by atoms with Gasteiger partial charge in [-0.15, -0.1) is 11.3 Å². The summed E-state index contributed by atoms with van der Waals surface area (Å²) in [5.41, 5.74) is 2.25. The largest absolute Gasteiger partial charge is 0.468 e. The zero-order valence-electron chi connectivity index (χ0n) is 8.23. The van der Waals surface area contributed by atoms with E-state index in [1.54, 1.807) is 17.5 Å². The summed E-state index contributed by atoms with van der Waals surface area (Å²) >= 11 is 1.33. The molecular weight excluding hydrogens is 216 g/mol. The molecule has 1 atom stereocenters. The fourth-order valence-corrected chi connectivity index (χ4v) is 1.75. The van der Waals surface area contributed by atoms with Crippen molar-refractivity contribution in [1.82, 2.24) is 5.43 Å². The molecule has 3 N–H and O–H groups in total. The van der Waals surface area contributed by atoms with E-state index in [0.29, 0.717) is 4.88 Å². The number of Topliss-reactive ketones (excluding diaryl/α,β-unsaturated/α-hetero) is 1. The normalized spacial score (nSPS) is 12.1. The van der Waals surface area contributed by atoms with Crippen LogP contribution in [0.25, 0.3) is 0 Å². The van der Waals surface area contributed by atoms with Crippen LogP contribution in [0.4, 0.5) is 0 Å². The summed E-state index contributed by atoms with van der Waals surface area (Å²) < 4.78 is 4.49. The number of methoxy groups -OCH3 is 1. The lowest BCUT2D eigenvalue weighted by Crippen LogP contribution is -2.43. The third-order valence-corrected chi connectivity index (χ3v) is 2.78. The van der Waals surface area contributed by atoms with E-state index in [0.717, 1.165) is 0 Å². The minimum absolute atomic E-state index is 0.00366. The highest BCUT2D eigenvalue weighted by molar-refractivity contribution is 7.12. The van der Waals surface area contributed by atoms with Crippen molar-refractivity contribution in [3.8, 4) is 0 Å². The summed E-state index contributed by atoms with van der Waals surface area (Å²) in [6.07, 6.45) is 0.00366. The van der Waals surface area contributed by atoms with Gasteiger partial charge in [-0.25, -0.2) is 5.43 Å². The Kier molecular flexibility index (Phi) is 4.41. The molecule has 1 heterocycles. The standard InChI is InChI=1S/C9H12N2O3S/c1-14-9(13)6(11-10)5-7(12)8-3-2-4-15-8/h2-4,6,11H,5,10H2,1H3. The molecular formula is C9H12N2O3S. The van der Waals surface area contributed by atoms with E-state index in [4.69, 9.17) is 5.84 Å². The van der Waals surface area contributed by atoms with E-state index < -0.39 is 12.0 Å². The van der Waals surface area contributed by atoms with Crippen LogP contribution >= 0.6 is 11.3 Å². The molecule has 0 aliphatic heterocycles. The van der Waals surface area contributed by atoms with E-state index in [9.17, 15) is 9.59 Å². The van der Waals surface area contributed by atoms with Gasteiger partial charge in [-0.3, -0.25) is 15.4 Å². The number of ketones is 1. The first-order valence-electron chi connectivity index (χ1n) is 4.29. The summed E-state index contributed by atoms with van der Waals surface area (Å²) in [4.78, 5) is 23.3. The van der Waals surface area contributed by atoms with Gasteiger partial charge in [0.2, 0.25) is 0 Å². The number of hydrogen-bond acceptors (Lipinski definition) is 6. The predicted octanol–water partition coefficient (Wildman–Crippen LogP) is 0.326. The molecule has 6 heteroatoms. The second-order valence-corrected chi connectivity index (χ2v) is 3.79. The third-order valence-electron chi connectivity index (χ3n) is 1.87. The van der Waals surface area contributed by atoms with Gasteiger partial charge in [-0.2, -0.15) is 0 Å². The average molecular weight is 228 g/mol. The molecule has 0 aliphatic rings. The first-order valence-corrected chi connectivity index (χ1v) is 5.17. The monoisotopic (exact) mass is 228 g/mol. The number of nitrogens with two attached hydrogens (primary N) is 1. The number of ether oxygens (including phenoxy) is 1. The quantitative estimate of drug-likeness (QED) is 0.328. The van der Waals surface area contributed by atoms with Crippen LogP contribution in [-0.2, 0) is 9.53 Å². The highest BCUT2D eigenvalue weighted by atomic mass is 32.1. The Bertz CT molecular complexity index is 337. The van der Waals surface area contributed by atoms with Crippen LogP contribution in [0.5, 0.6) is 0 Å². The molecule has 82 valence electrons. The van der Waals surface area contributed by atoms with Crippen molar-refractivity contribution in [3.05, 3.63) is 22.4 Å². The molecule has 0 spiro atoms. The molecule has 0 aromatic carbocycles. The topological polar surface area (TPSA) is 81.4 Å². The molecule has 0 bridgehead atoms. The van der Waals surface area contributed by atoms with E-state index in [1.165, 1.54) is 18.4 Å². The molecule has 0 fully saturated rings. The number of rotatable bonds is 5. The smallest absolute Gasteiger partial charge is 0.324 e. The Morgan fingerprint density at radius 1 is 1.67 bits per heavy atom. The molecule has 0 aliphatic carbocycles. The SMILES string of the molecule is COC(=O)C(CC(=O)c1cccs1)NN. The van der Waals surface area contributed by atoms with Crippen LogP contribution in [-0.4, -0.2) is 24.9 Å². The van der Waals surface area contributed by atoms with Crippen LogP contribution in [0.2, 0.25) is 0 Å². The van der Waals surface area contributed by atoms with Gasteiger partial charge in [-0.05, 0) is 11.4 Å². The van der Waals surface area contributed by atoms with Gasteiger partial charge in [0.1, 0.15) is 6.04 Å². The van der Waals surface area contributed by atoms with Gasteiger partial charge >= 0.3 is 5.97 Å². The first kappa shape index (κ1) is 11.8. The third kappa shape index (κ3) is 3.12. The lowest BCUT2D eigenvalue weighted by atomic mass is 10.1. The number of esters is 1. The Balaban J connectivity index is 2.60. The van der Waals surface area contributed by atoms with Crippen molar-refractivity contribution in [2.24, 2.45) is 5.84 Å². The van der Waals surface area contributed by atoms with E-state index in [2.05, 4.69) is 10.2 Å². The van der Waals surface area contributed by atoms with E-state index in [-0.39, 0.29) is 12.2 Å². The molecule has 0 radical (unpaired) electrons. The number of nitrogens with one attached hydrogen (secondary N) is 1. The summed E-state index contributed by atoms with van der Waals surface area (Å²) in [5.74, 6) is 4.49. The van der Waals surface area contributed by atoms with Crippen LogP contribution in [0.15, 0.2) is 17.5 Å². The zero-order chi connectivity index (χ0) is 11.3. The Labute approximate surface area is 91.2 Å². The number of carbonyl (C=O) groups is 2. The Morgan fingerprint density at radius 2 is 2.40 bits per heavy atom. The fourth-order valence-electron chi connectivity index (χ4n) is 1.08. The van der Waals surface area contributed by atoms with Crippen LogP contribution < -0.4 is 11.3 Å². The van der Waals surface area contributed by atoms with Crippen molar-refractivity contribution < 1.29 is 14.3 Å². The highest BCUT2D eigenvalue weighted by Crippen LogP contribution is 2.12. The maximum absolute atomic E-state index is 11.6. The molecule has 0 amide bonds. The maximum atomic E-state index is 11.6. The molecule has 1 unspecified atom stereocenters. The van der Waals surface area contributed by atoms with Gasteiger partial charge in [0.05, 0.1) is 12.0 Å². The second-order valence-electron chi connectivity index (χ2n) is 2.85. The van der Waals surface area contributed by atoms with Crippen molar-refractivity contribution in [3.63, 3.8) is 0 Å². The molecule has 15 heavy (non-hydrogen) atoms. The lowest BCUT2D eigenvalue weighted by Gasteiger charge is -2.11. The minimum atomic E-state index is -0.787. The summed E-state index contributed by atoms with van der Waals surface area (Å²) in [6.45, 7) is 0. The van der Waals surface area contributed by atoms with Crippen molar-refractivity contribution in [1.29, 1.82) is 0 Å². The van der Waals surface area contributed by atoms with Gasteiger partial charge in [0, 0.05) is 6.42 Å². The number of hydrogen-bond donors (Lipinski definition) is 2. The number of hydrazine groups is 1. The summed E-state index contributed by atoms with van der Waals surface area (Å²) in [5, 5.41) is 1.80. The van der Waals surface area contributed by atoms with Gasteiger partial charge in [-0.1, -0.05) is 6.07 Å². The highest BCUT2D eigenvalue weighted by Gasteiger charge is 2.22. The summed E-state index contributed by atoms with van der Waals surface area (Å²) in [7, 11) is 1.25. The van der Waals surface area contributed by atoms with Crippen molar-refractivity contribution in [2.75, 3.05) is 7.11 Å². The van der Waals surface area contributed by atoms with Gasteiger partial charge in [0.15, 0.2) is 5.78 Å². The van der Waals surface area contributed by atoms with Crippen LogP contribution in [0.3, 0.4) is 0 Å². The molecule has 0 saturated carbocycles. The molecule has 1 rings (SSSR count). The fraction of sp³-hybridized carbons (Fsp3) is 0.333. The maximum Gasteiger partial charge on any atom is 0.324 e. The van der Waals surface area contributed by atoms with E-state index >= 15 is 0 Å². The Hall–Kier alpha value is -1.24.